The van der Waals surface area contributed by atoms with Gasteiger partial charge in [0.2, 0.25) is 0 Å². The largest absolute Gasteiger partial charge is 0.418 e. The number of unbranched alkanes of at least 4 members (excludes halogenated alkanes) is 2. The van der Waals surface area contributed by atoms with Gasteiger partial charge in [-0.15, -0.1) is 0 Å². The van der Waals surface area contributed by atoms with E-state index in [0.717, 1.165) is 42.6 Å². The third-order valence-electron chi connectivity index (χ3n) is 7.48. The Morgan fingerprint density at radius 2 is 0.860 bits per heavy atom. The van der Waals surface area contributed by atoms with Crippen LogP contribution in [0.2, 0.25) is 19.6 Å². The normalized spacial score (nSPS) is 24.2. The van der Waals surface area contributed by atoms with Gasteiger partial charge in [-0.1, -0.05) is 91.0 Å². The van der Waals surface area contributed by atoms with Gasteiger partial charge in [0.25, 0.3) is 0 Å². The molecule has 0 aromatic heterocycles. The lowest BCUT2D eigenvalue weighted by molar-refractivity contribution is -0.272. The summed E-state index contributed by atoms with van der Waals surface area (Å²) >= 11 is 0. The number of ether oxygens (including phenoxy) is 4. The Labute approximate surface area is 257 Å². The summed E-state index contributed by atoms with van der Waals surface area (Å²) in [5.41, 5.74) is 2.95. The zero-order valence-electron chi connectivity index (χ0n) is 25.7. The van der Waals surface area contributed by atoms with Gasteiger partial charge in [-0.25, -0.2) is 0 Å². The van der Waals surface area contributed by atoms with Crippen molar-refractivity contribution in [3.8, 4) is 0 Å². The SMILES string of the molecule is C[Si](C)(C)OCCCCCO[C@H]1[C@@H](O)[C@@H](O)[C@H](OCc2ccccc2)[C@@H](OCc2ccccc2)[C@@H]1OCc1ccccc1. The molecule has 6 atom stereocenters. The smallest absolute Gasteiger partial charge is 0.183 e. The molecule has 3 aromatic carbocycles. The van der Waals surface area contributed by atoms with E-state index in [4.69, 9.17) is 23.4 Å². The standard InChI is InChI=1S/C35H48O7Si/c1-43(2,3)42-23-15-7-14-22-38-32-30(36)31(37)33(39-24-27-16-8-4-9-17-27)35(41-26-29-20-12-6-13-21-29)34(32)40-25-28-18-10-5-11-19-28/h4-6,8-13,16-21,30-37H,7,14-15,22-26H2,1-3H3/t30-,31+,32-,33-,34+,35+/m0/s1. The maximum atomic E-state index is 11.4. The van der Waals surface area contributed by atoms with E-state index in [2.05, 4.69) is 19.6 Å². The number of benzene rings is 3. The number of hydrogen-bond donors (Lipinski definition) is 2. The highest BCUT2D eigenvalue weighted by molar-refractivity contribution is 6.69. The summed E-state index contributed by atoms with van der Waals surface area (Å²) in [5, 5.41) is 22.8. The molecule has 0 radical (unpaired) electrons. The Morgan fingerprint density at radius 3 is 1.28 bits per heavy atom. The highest BCUT2D eigenvalue weighted by atomic mass is 28.4. The first-order valence-corrected chi connectivity index (χ1v) is 18.8. The molecule has 1 aliphatic rings. The van der Waals surface area contributed by atoms with E-state index >= 15 is 0 Å². The zero-order valence-corrected chi connectivity index (χ0v) is 26.7. The van der Waals surface area contributed by atoms with Gasteiger partial charge in [-0.2, -0.15) is 0 Å². The lowest BCUT2D eigenvalue weighted by atomic mass is 9.84. The Balaban J connectivity index is 1.50. The molecular weight excluding hydrogens is 560 g/mol. The minimum absolute atomic E-state index is 0.261. The third kappa shape index (κ3) is 10.9. The molecule has 1 aliphatic carbocycles. The summed E-state index contributed by atoms with van der Waals surface area (Å²) in [6.45, 7) is 8.61. The first-order chi connectivity index (χ1) is 20.8. The van der Waals surface area contributed by atoms with Crippen molar-refractivity contribution in [3.63, 3.8) is 0 Å². The molecule has 7 nitrogen and oxygen atoms in total. The topological polar surface area (TPSA) is 86.6 Å². The predicted octanol–water partition coefficient (Wildman–Crippen LogP) is 5.89. The fraction of sp³-hybridized carbons (Fsp3) is 0.486. The summed E-state index contributed by atoms with van der Waals surface area (Å²) in [6, 6.07) is 29.5. The van der Waals surface area contributed by atoms with Gasteiger partial charge in [-0.05, 0) is 55.6 Å². The second kappa shape index (κ2) is 17.2. The van der Waals surface area contributed by atoms with Gasteiger partial charge < -0.3 is 33.6 Å². The van der Waals surface area contributed by atoms with Crippen LogP contribution in [-0.2, 0) is 43.2 Å². The molecule has 3 aromatic rings. The fourth-order valence-corrected chi connectivity index (χ4v) is 5.95. The molecule has 0 bridgehead atoms. The number of rotatable bonds is 17. The minimum atomic E-state index is -1.53. The van der Waals surface area contributed by atoms with Crippen LogP contribution in [0.15, 0.2) is 91.0 Å². The van der Waals surface area contributed by atoms with E-state index in [1.807, 2.05) is 91.0 Å². The van der Waals surface area contributed by atoms with Crippen LogP contribution in [-0.4, -0.2) is 68.4 Å². The molecule has 0 saturated heterocycles. The van der Waals surface area contributed by atoms with Gasteiger partial charge in [0.1, 0.15) is 36.6 Å². The van der Waals surface area contributed by atoms with Crippen molar-refractivity contribution < 1.29 is 33.6 Å². The third-order valence-corrected chi connectivity index (χ3v) is 8.55. The van der Waals surface area contributed by atoms with Crippen LogP contribution in [0.4, 0.5) is 0 Å². The van der Waals surface area contributed by atoms with E-state index in [0.29, 0.717) is 19.8 Å². The van der Waals surface area contributed by atoms with Crippen LogP contribution in [0.25, 0.3) is 0 Å². The summed E-state index contributed by atoms with van der Waals surface area (Å²) in [4.78, 5) is 0. The molecule has 1 fully saturated rings. The lowest BCUT2D eigenvalue weighted by Gasteiger charge is -2.47. The Kier molecular flexibility index (Phi) is 13.4. The van der Waals surface area contributed by atoms with Crippen molar-refractivity contribution in [2.45, 2.75) is 95.3 Å². The van der Waals surface area contributed by atoms with Crippen LogP contribution in [0.1, 0.15) is 36.0 Å². The Morgan fingerprint density at radius 1 is 0.488 bits per heavy atom. The van der Waals surface area contributed by atoms with Crippen molar-refractivity contribution in [2.24, 2.45) is 0 Å². The summed E-state index contributed by atoms with van der Waals surface area (Å²) < 4.78 is 31.6. The quantitative estimate of drug-likeness (QED) is 0.146. The number of aliphatic hydroxyl groups excluding tert-OH is 2. The van der Waals surface area contributed by atoms with Gasteiger partial charge in [0.05, 0.1) is 19.8 Å². The maximum absolute atomic E-state index is 11.4. The van der Waals surface area contributed by atoms with Gasteiger partial charge in [0, 0.05) is 13.2 Å². The molecule has 4 rings (SSSR count). The van der Waals surface area contributed by atoms with Crippen molar-refractivity contribution in [3.05, 3.63) is 108 Å². The van der Waals surface area contributed by atoms with E-state index in [1.54, 1.807) is 0 Å². The number of hydrogen-bond acceptors (Lipinski definition) is 7. The van der Waals surface area contributed by atoms with E-state index in [-0.39, 0.29) is 6.61 Å². The summed E-state index contributed by atoms with van der Waals surface area (Å²) in [7, 11) is -1.53. The average molecular weight is 609 g/mol. The predicted molar refractivity (Wildman–Crippen MR) is 170 cm³/mol. The second-order valence-electron chi connectivity index (χ2n) is 12.1. The first kappa shape index (κ1) is 33.5. The fourth-order valence-electron chi connectivity index (χ4n) is 5.20. The first-order valence-electron chi connectivity index (χ1n) is 15.4. The molecule has 0 aliphatic heterocycles. The molecule has 1 saturated carbocycles. The van der Waals surface area contributed by atoms with Crippen molar-refractivity contribution in [1.29, 1.82) is 0 Å². The lowest BCUT2D eigenvalue weighted by Crippen LogP contribution is -2.66. The van der Waals surface area contributed by atoms with Crippen LogP contribution < -0.4 is 0 Å². The van der Waals surface area contributed by atoms with E-state index < -0.39 is 44.9 Å². The molecule has 0 spiro atoms. The van der Waals surface area contributed by atoms with E-state index in [1.165, 1.54) is 0 Å². The van der Waals surface area contributed by atoms with Crippen molar-refractivity contribution in [2.75, 3.05) is 13.2 Å². The van der Waals surface area contributed by atoms with Gasteiger partial charge >= 0.3 is 0 Å². The molecule has 0 heterocycles. The second-order valence-corrected chi connectivity index (χ2v) is 16.6. The molecule has 234 valence electrons. The molecule has 0 unspecified atom stereocenters. The molecule has 2 N–H and O–H groups in total. The molecule has 43 heavy (non-hydrogen) atoms. The molecular formula is C35H48O7Si. The van der Waals surface area contributed by atoms with Crippen molar-refractivity contribution in [1.82, 2.24) is 0 Å². The number of aliphatic hydroxyl groups is 2. The monoisotopic (exact) mass is 608 g/mol. The summed E-state index contributed by atoms with van der Waals surface area (Å²) in [6.07, 6.45) is -2.74. The minimum Gasteiger partial charge on any atom is -0.418 e. The van der Waals surface area contributed by atoms with Gasteiger partial charge in [0.15, 0.2) is 8.32 Å². The Bertz CT molecular complexity index is 1160. The highest BCUT2D eigenvalue weighted by Gasteiger charge is 2.52. The van der Waals surface area contributed by atoms with Crippen LogP contribution in [0.3, 0.4) is 0 Å². The van der Waals surface area contributed by atoms with Crippen LogP contribution in [0, 0.1) is 0 Å². The highest BCUT2D eigenvalue weighted by Crippen LogP contribution is 2.32. The van der Waals surface area contributed by atoms with Crippen molar-refractivity contribution >= 4 is 8.32 Å². The Hall–Kier alpha value is -2.40. The zero-order chi connectivity index (χ0) is 30.5. The summed E-state index contributed by atoms with van der Waals surface area (Å²) in [5.74, 6) is 0. The van der Waals surface area contributed by atoms with Crippen LogP contribution in [0.5, 0.6) is 0 Å². The maximum Gasteiger partial charge on any atom is 0.183 e. The van der Waals surface area contributed by atoms with Gasteiger partial charge in [-0.3, -0.25) is 0 Å². The van der Waals surface area contributed by atoms with E-state index in [9.17, 15) is 10.2 Å². The molecule has 0 amide bonds. The van der Waals surface area contributed by atoms with Crippen LogP contribution >= 0.6 is 0 Å². The molecule has 8 heteroatoms. The average Bonchev–Trinajstić information content (AvgIpc) is 3.01.